The number of nitrogens with one attached hydrogen (secondary N) is 5. The molecule has 1 saturated heterocycles. The lowest BCUT2D eigenvalue weighted by Gasteiger charge is -2.38. The van der Waals surface area contributed by atoms with Gasteiger partial charge in [-0.2, -0.15) is 0 Å². The summed E-state index contributed by atoms with van der Waals surface area (Å²) in [5.74, 6) is -2.72. The van der Waals surface area contributed by atoms with Crippen molar-refractivity contribution in [1.82, 2.24) is 21.3 Å². The fraction of sp³-hybridized carbons (Fsp3) is 0.633. The summed E-state index contributed by atoms with van der Waals surface area (Å²) < 4.78 is 13.7. The summed E-state index contributed by atoms with van der Waals surface area (Å²) >= 11 is 5.89. The smallest absolute Gasteiger partial charge is 0.250 e. The Kier molecular flexibility index (Phi) is 12.7. The molecule has 1 saturated carbocycles. The number of nitrogens with two attached hydrogens (primary N) is 1. The van der Waals surface area contributed by atoms with E-state index in [2.05, 4.69) is 26.6 Å². The molecule has 3 atom stereocenters. The molecule has 1 aliphatic carbocycles. The van der Waals surface area contributed by atoms with E-state index in [9.17, 15) is 28.4 Å². The van der Waals surface area contributed by atoms with E-state index in [1.165, 1.54) is 12.1 Å². The molecule has 238 valence electrons. The molecule has 1 heterocycles. The SMILES string of the molecule is CC(C)C[C@H](NC(=O)[C@@H]1CCC(=O)N1)C(=O)N[C@@H](CCCCN)C(=O)NC1(C(=O)Nc2ccc(F)c(Cl)c2)CCCCC1. The minimum Gasteiger partial charge on any atom is -0.344 e. The van der Waals surface area contributed by atoms with Gasteiger partial charge >= 0.3 is 0 Å². The van der Waals surface area contributed by atoms with Crippen LogP contribution in [0.1, 0.15) is 84.5 Å². The van der Waals surface area contributed by atoms with Crippen LogP contribution in [0.2, 0.25) is 5.02 Å². The fourth-order valence-corrected chi connectivity index (χ4v) is 5.71. The Morgan fingerprint density at radius 1 is 1.07 bits per heavy atom. The number of carbonyl (C=O) groups excluding carboxylic acids is 5. The molecule has 43 heavy (non-hydrogen) atoms. The zero-order chi connectivity index (χ0) is 31.6. The van der Waals surface area contributed by atoms with E-state index < -0.39 is 53.1 Å². The summed E-state index contributed by atoms with van der Waals surface area (Å²) in [6.45, 7) is 4.23. The van der Waals surface area contributed by atoms with Crippen molar-refractivity contribution in [2.24, 2.45) is 11.7 Å². The van der Waals surface area contributed by atoms with Gasteiger partial charge in [0.15, 0.2) is 0 Å². The molecule has 2 aliphatic rings. The van der Waals surface area contributed by atoms with E-state index >= 15 is 0 Å². The summed E-state index contributed by atoms with van der Waals surface area (Å²) in [5, 5.41) is 13.7. The van der Waals surface area contributed by atoms with E-state index in [0.717, 1.165) is 12.5 Å². The van der Waals surface area contributed by atoms with Crippen LogP contribution in [-0.4, -0.2) is 59.7 Å². The second kappa shape index (κ2) is 16.0. The van der Waals surface area contributed by atoms with Crippen LogP contribution in [-0.2, 0) is 24.0 Å². The predicted molar refractivity (Wildman–Crippen MR) is 161 cm³/mol. The molecule has 0 spiro atoms. The first kappa shape index (κ1) is 34.2. The monoisotopic (exact) mass is 622 g/mol. The molecule has 7 N–H and O–H groups in total. The third-order valence-corrected chi connectivity index (χ3v) is 8.20. The maximum absolute atomic E-state index is 13.8. The Morgan fingerprint density at radius 3 is 2.40 bits per heavy atom. The van der Waals surface area contributed by atoms with E-state index in [1.807, 2.05) is 13.8 Å². The van der Waals surface area contributed by atoms with Crippen molar-refractivity contribution >= 4 is 46.8 Å². The molecule has 13 heteroatoms. The Morgan fingerprint density at radius 2 is 1.79 bits per heavy atom. The molecule has 2 fully saturated rings. The topological polar surface area (TPSA) is 172 Å². The van der Waals surface area contributed by atoms with Crippen LogP contribution in [0, 0.1) is 11.7 Å². The minimum absolute atomic E-state index is 0.0490. The van der Waals surface area contributed by atoms with Crippen molar-refractivity contribution in [2.75, 3.05) is 11.9 Å². The van der Waals surface area contributed by atoms with Crippen LogP contribution in [0.4, 0.5) is 10.1 Å². The standard InChI is InChI=1S/C30H44ClFN6O5/c1-18(2)16-24(37-26(40)23-11-12-25(39)35-23)27(41)36-22(8-4-7-15-33)28(42)38-30(13-5-3-6-14-30)29(43)34-19-9-10-21(32)20(31)17-19/h9-10,17-18,22-24H,3-8,11-16,33H2,1-2H3,(H,34,43)(H,35,39)(H,36,41)(H,37,40)(H,38,42)/t22-,23-,24-/m0/s1. The van der Waals surface area contributed by atoms with Gasteiger partial charge in [0.1, 0.15) is 29.5 Å². The van der Waals surface area contributed by atoms with Crippen molar-refractivity contribution in [2.45, 2.75) is 108 Å². The lowest BCUT2D eigenvalue weighted by molar-refractivity contribution is -0.136. The number of carbonyl (C=O) groups is 5. The maximum Gasteiger partial charge on any atom is 0.250 e. The van der Waals surface area contributed by atoms with Crippen LogP contribution in [0.25, 0.3) is 0 Å². The van der Waals surface area contributed by atoms with Gasteiger partial charge in [-0.25, -0.2) is 4.39 Å². The van der Waals surface area contributed by atoms with E-state index in [4.69, 9.17) is 17.3 Å². The lowest BCUT2D eigenvalue weighted by atomic mass is 9.80. The minimum atomic E-state index is -1.24. The molecular formula is C30H44ClFN6O5. The summed E-state index contributed by atoms with van der Waals surface area (Å²) in [7, 11) is 0. The predicted octanol–water partition coefficient (Wildman–Crippen LogP) is 2.66. The normalized spacial score (nSPS) is 19.2. The molecule has 3 rings (SSSR count). The first-order valence-electron chi connectivity index (χ1n) is 15.1. The second-order valence-corrected chi connectivity index (χ2v) is 12.3. The molecular weight excluding hydrogens is 579 g/mol. The summed E-state index contributed by atoms with van der Waals surface area (Å²) in [6.07, 6.45) is 5.48. The largest absolute Gasteiger partial charge is 0.344 e. The van der Waals surface area contributed by atoms with Crippen molar-refractivity contribution in [3.8, 4) is 0 Å². The van der Waals surface area contributed by atoms with Crippen molar-refractivity contribution in [3.05, 3.63) is 29.0 Å². The number of benzene rings is 1. The third-order valence-electron chi connectivity index (χ3n) is 7.91. The van der Waals surface area contributed by atoms with Crippen molar-refractivity contribution < 1.29 is 28.4 Å². The van der Waals surface area contributed by atoms with Crippen LogP contribution in [0.5, 0.6) is 0 Å². The van der Waals surface area contributed by atoms with Gasteiger partial charge in [0.25, 0.3) is 0 Å². The van der Waals surface area contributed by atoms with Crippen LogP contribution in [0.3, 0.4) is 0 Å². The number of anilines is 1. The summed E-state index contributed by atoms with van der Waals surface area (Å²) in [5.41, 5.74) is 4.74. The first-order valence-corrected chi connectivity index (χ1v) is 15.5. The number of hydrogen-bond donors (Lipinski definition) is 6. The van der Waals surface area contributed by atoms with E-state index in [0.29, 0.717) is 63.6 Å². The van der Waals surface area contributed by atoms with Crippen molar-refractivity contribution in [1.29, 1.82) is 0 Å². The van der Waals surface area contributed by atoms with Crippen LogP contribution >= 0.6 is 11.6 Å². The van der Waals surface area contributed by atoms with Gasteiger partial charge in [0.2, 0.25) is 29.5 Å². The number of hydrogen-bond acceptors (Lipinski definition) is 6. The van der Waals surface area contributed by atoms with E-state index in [1.54, 1.807) is 0 Å². The molecule has 0 bridgehead atoms. The molecule has 0 unspecified atom stereocenters. The van der Waals surface area contributed by atoms with Crippen LogP contribution < -0.4 is 32.3 Å². The number of amides is 5. The summed E-state index contributed by atoms with van der Waals surface area (Å²) in [6, 6.07) is 1.24. The Labute approximate surface area is 257 Å². The van der Waals surface area contributed by atoms with Gasteiger partial charge in [-0.1, -0.05) is 44.7 Å². The molecule has 0 aromatic heterocycles. The first-order chi connectivity index (χ1) is 20.4. The quantitative estimate of drug-likeness (QED) is 0.174. The molecule has 1 aromatic carbocycles. The molecule has 1 aliphatic heterocycles. The van der Waals surface area contributed by atoms with Gasteiger partial charge in [-0.15, -0.1) is 0 Å². The van der Waals surface area contributed by atoms with Crippen LogP contribution in [0.15, 0.2) is 18.2 Å². The highest BCUT2D eigenvalue weighted by molar-refractivity contribution is 6.31. The lowest BCUT2D eigenvalue weighted by Crippen LogP contribution is -2.62. The van der Waals surface area contributed by atoms with Gasteiger partial charge in [-0.3, -0.25) is 24.0 Å². The zero-order valence-electron chi connectivity index (χ0n) is 24.9. The average Bonchev–Trinajstić information content (AvgIpc) is 3.40. The fourth-order valence-electron chi connectivity index (χ4n) is 5.53. The Hall–Kier alpha value is -3.25. The van der Waals surface area contributed by atoms with Gasteiger partial charge in [-0.05, 0) is 75.6 Å². The molecule has 0 radical (unpaired) electrons. The average molecular weight is 623 g/mol. The Bertz CT molecular complexity index is 1180. The number of rotatable bonds is 14. The molecule has 5 amide bonds. The second-order valence-electron chi connectivity index (χ2n) is 11.9. The van der Waals surface area contributed by atoms with E-state index in [-0.39, 0.29) is 29.7 Å². The van der Waals surface area contributed by atoms with Crippen molar-refractivity contribution in [3.63, 3.8) is 0 Å². The summed E-state index contributed by atoms with van der Waals surface area (Å²) in [4.78, 5) is 65.3. The maximum atomic E-state index is 13.8. The number of halogens is 2. The highest BCUT2D eigenvalue weighted by Crippen LogP contribution is 2.30. The van der Waals surface area contributed by atoms with Gasteiger partial charge in [0.05, 0.1) is 5.02 Å². The van der Waals surface area contributed by atoms with Gasteiger partial charge in [0, 0.05) is 12.1 Å². The highest BCUT2D eigenvalue weighted by atomic mass is 35.5. The highest BCUT2D eigenvalue weighted by Gasteiger charge is 2.42. The zero-order valence-corrected chi connectivity index (χ0v) is 25.7. The third kappa shape index (κ3) is 9.89. The Balaban J connectivity index is 1.77. The number of unbranched alkanes of at least 4 members (excludes halogenated alkanes) is 1. The molecule has 11 nitrogen and oxygen atoms in total. The van der Waals surface area contributed by atoms with Gasteiger partial charge < -0.3 is 32.3 Å². The molecule has 1 aromatic rings.